The van der Waals surface area contributed by atoms with E-state index < -0.39 is 36.3 Å². The smallest absolute Gasteiger partial charge is 0.415 e. The van der Waals surface area contributed by atoms with Gasteiger partial charge in [0.05, 0.1) is 19.8 Å². The Morgan fingerprint density at radius 2 is 1.96 bits per heavy atom. The number of nitrogens with two attached hydrogens (primary N) is 1. The van der Waals surface area contributed by atoms with Crippen LogP contribution in [0.1, 0.15) is 50.7 Å². The second-order valence-corrected chi connectivity index (χ2v) is 14.0. The molecule has 0 unspecified atom stereocenters. The number of ether oxygens (including phenoxy) is 4. The summed E-state index contributed by atoms with van der Waals surface area (Å²) in [5, 5.41) is 15.6. The van der Waals surface area contributed by atoms with Crippen LogP contribution in [-0.2, 0) is 30.9 Å². The van der Waals surface area contributed by atoms with Gasteiger partial charge in [-0.1, -0.05) is 6.07 Å². The number of piperidine rings is 1. The van der Waals surface area contributed by atoms with Crippen molar-refractivity contribution in [1.29, 1.82) is 5.41 Å². The summed E-state index contributed by atoms with van der Waals surface area (Å²) in [7, 11) is 3.81. The summed E-state index contributed by atoms with van der Waals surface area (Å²) in [5.41, 5.74) is 7.42. The molecule has 0 radical (unpaired) electrons. The Labute approximate surface area is 297 Å². The number of piperazine rings is 1. The summed E-state index contributed by atoms with van der Waals surface area (Å²) in [6, 6.07) is 2.93. The van der Waals surface area contributed by atoms with Crippen molar-refractivity contribution in [2.45, 2.75) is 75.6 Å². The first-order valence-electron chi connectivity index (χ1n) is 17.8. The predicted molar refractivity (Wildman–Crippen MR) is 185 cm³/mol. The number of carbonyl (C=O) groups is 4. The summed E-state index contributed by atoms with van der Waals surface area (Å²) < 4.78 is 24.0. The summed E-state index contributed by atoms with van der Waals surface area (Å²) in [6.45, 7) is 4.97. The van der Waals surface area contributed by atoms with Crippen molar-refractivity contribution in [2.24, 2.45) is 11.7 Å². The van der Waals surface area contributed by atoms with Crippen molar-refractivity contribution in [1.82, 2.24) is 30.7 Å². The first-order chi connectivity index (χ1) is 24.5. The van der Waals surface area contributed by atoms with Crippen molar-refractivity contribution in [3.63, 3.8) is 0 Å². The molecule has 16 heteroatoms. The van der Waals surface area contributed by atoms with Gasteiger partial charge in [-0.15, -0.1) is 0 Å². The Bertz CT molecular complexity index is 1590. The third-order valence-electron chi connectivity index (χ3n) is 11.1. The lowest BCUT2D eigenvalue weighted by molar-refractivity contribution is -0.128. The normalized spacial score (nSPS) is 26.5. The fourth-order valence-electron chi connectivity index (χ4n) is 8.76. The zero-order valence-corrected chi connectivity index (χ0v) is 29.8. The maximum absolute atomic E-state index is 14.1. The fourth-order valence-corrected chi connectivity index (χ4v) is 8.76. The zero-order valence-electron chi connectivity index (χ0n) is 29.8. The van der Waals surface area contributed by atoms with Crippen LogP contribution in [0.25, 0.3) is 0 Å². The summed E-state index contributed by atoms with van der Waals surface area (Å²) in [4.78, 5) is 57.6. The number of hydrogen-bond acceptors (Lipinski definition) is 10. The Morgan fingerprint density at radius 1 is 1.16 bits per heavy atom. The highest BCUT2D eigenvalue weighted by Gasteiger charge is 2.65. The number of likely N-dealkylation sites (tertiary alicyclic amines) is 1. The highest BCUT2D eigenvalue weighted by atomic mass is 16.6. The molecule has 0 saturated carbocycles. The Balaban J connectivity index is 1.20. The molecule has 1 spiro atoms. The molecular weight excluding hydrogens is 660 g/mol. The third-order valence-corrected chi connectivity index (χ3v) is 11.1. The van der Waals surface area contributed by atoms with Gasteiger partial charge in [0, 0.05) is 56.7 Å². The maximum Gasteiger partial charge on any atom is 0.415 e. The molecule has 3 aliphatic heterocycles. The van der Waals surface area contributed by atoms with E-state index in [1.165, 1.54) is 27.9 Å². The van der Waals surface area contributed by atoms with Crippen molar-refractivity contribution in [2.75, 3.05) is 60.0 Å². The van der Waals surface area contributed by atoms with Gasteiger partial charge in [0.2, 0.25) is 11.8 Å². The van der Waals surface area contributed by atoms with Crippen LogP contribution >= 0.6 is 0 Å². The van der Waals surface area contributed by atoms with E-state index >= 15 is 0 Å². The number of carbonyl (C=O) groups excluding carboxylic acids is 4. The molecule has 2 bridgehead atoms. The number of likely N-dealkylation sites (N-methyl/N-ethyl adjacent to an activating group) is 1. The SMILES string of the molecule is CCOC(=O)N1CCN(C(=O)OC2=CC[C@H]3[C@H]4Cc5ccc(OC)c6c5[C@@]3(CCN4C)[C@H]2O6)[C@@H](CNC(=O)[C@H](CCCNC(=N)N)NC(C)=O)C1. The summed E-state index contributed by atoms with van der Waals surface area (Å²) >= 11 is 0. The van der Waals surface area contributed by atoms with Gasteiger partial charge in [0.25, 0.3) is 0 Å². The van der Waals surface area contributed by atoms with E-state index in [0.29, 0.717) is 36.9 Å². The van der Waals surface area contributed by atoms with E-state index in [1.807, 2.05) is 12.1 Å². The van der Waals surface area contributed by atoms with Gasteiger partial charge in [0.1, 0.15) is 11.8 Å². The minimum Gasteiger partial charge on any atom is -0.493 e. The Hall–Kier alpha value is -4.73. The first kappa shape index (κ1) is 36.1. The molecule has 1 aromatic rings. The second-order valence-electron chi connectivity index (χ2n) is 14.0. The Kier molecular flexibility index (Phi) is 10.5. The molecule has 2 saturated heterocycles. The van der Waals surface area contributed by atoms with Crippen LogP contribution < -0.4 is 31.2 Å². The maximum atomic E-state index is 14.1. The quantitative estimate of drug-likeness (QED) is 0.125. The number of benzene rings is 1. The molecule has 6 atom stereocenters. The van der Waals surface area contributed by atoms with Crippen molar-refractivity contribution in [3.8, 4) is 11.5 Å². The molecule has 16 nitrogen and oxygen atoms in total. The molecular formula is C35H50N8O8. The van der Waals surface area contributed by atoms with E-state index in [1.54, 1.807) is 14.0 Å². The van der Waals surface area contributed by atoms with Gasteiger partial charge >= 0.3 is 12.2 Å². The van der Waals surface area contributed by atoms with Crippen LogP contribution in [0.5, 0.6) is 11.5 Å². The number of rotatable bonds is 11. The Morgan fingerprint density at radius 3 is 2.69 bits per heavy atom. The fraction of sp³-hybridized carbons (Fsp3) is 0.629. The lowest BCUT2D eigenvalue weighted by atomic mass is 9.53. The molecule has 278 valence electrons. The van der Waals surface area contributed by atoms with Crippen molar-refractivity contribution >= 4 is 30.0 Å². The van der Waals surface area contributed by atoms with Crippen LogP contribution in [0.15, 0.2) is 24.0 Å². The number of hydrogen-bond donors (Lipinski definition) is 5. The number of allylic oxidation sites excluding steroid dienone is 1. The van der Waals surface area contributed by atoms with Crippen molar-refractivity contribution in [3.05, 3.63) is 35.1 Å². The number of methoxy groups -OCH3 is 1. The lowest BCUT2D eigenvalue weighted by Gasteiger charge is -2.56. The highest BCUT2D eigenvalue weighted by Crippen LogP contribution is 2.63. The van der Waals surface area contributed by atoms with Crippen LogP contribution in [0.3, 0.4) is 0 Å². The van der Waals surface area contributed by atoms with E-state index in [9.17, 15) is 19.2 Å². The lowest BCUT2D eigenvalue weighted by Crippen LogP contribution is -2.64. The van der Waals surface area contributed by atoms with Gasteiger partial charge in [0.15, 0.2) is 23.6 Å². The monoisotopic (exact) mass is 710 g/mol. The molecule has 2 fully saturated rings. The van der Waals surface area contributed by atoms with Gasteiger partial charge in [-0.05, 0) is 76.2 Å². The number of amides is 4. The third kappa shape index (κ3) is 6.85. The molecule has 1 aromatic carbocycles. The van der Waals surface area contributed by atoms with Crippen molar-refractivity contribution < 1.29 is 38.1 Å². The van der Waals surface area contributed by atoms with Crippen LogP contribution in [0.4, 0.5) is 9.59 Å². The molecule has 5 aliphatic rings. The minimum absolute atomic E-state index is 0.00335. The van der Waals surface area contributed by atoms with Gasteiger partial charge < -0.3 is 50.4 Å². The van der Waals surface area contributed by atoms with Gasteiger partial charge in [-0.2, -0.15) is 0 Å². The molecule has 2 aliphatic carbocycles. The van der Waals surface area contributed by atoms with Crippen LogP contribution in [0.2, 0.25) is 0 Å². The zero-order chi connectivity index (χ0) is 36.4. The molecule has 4 amide bonds. The minimum atomic E-state index is -0.849. The van der Waals surface area contributed by atoms with Gasteiger partial charge in [-0.25, -0.2) is 9.59 Å². The largest absolute Gasteiger partial charge is 0.493 e. The standard InChI is InChI=1S/C35H50N8O8/c1-5-49-33(46)42-15-16-43(22(19-42)18-39-31(45)24(40-20(2)44)7-6-13-38-32(36)37)34(47)50-27-11-9-23-25-17-21-8-10-26(48-4)29-28(21)35(23,30(27)51-29)12-14-41(25)3/h8,10-11,22-25,30H,5-7,9,12-19H2,1-4H3,(H,39,45)(H,40,44)(H4,36,37,38)/t22-,23-,24-,25+,30-,35-/m0/s1. The molecule has 51 heavy (non-hydrogen) atoms. The molecule has 0 aromatic heterocycles. The number of nitrogens with one attached hydrogen (secondary N) is 4. The van der Waals surface area contributed by atoms with E-state index in [0.717, 1.165) is 31.6 Å². The molecule has 6 rings (SSSR count). The number of nitrogens with zero attached hydrogens (tertiary/aromatic N) is 3. The second kappa shape index (κ2) is 14.9. The average Bonchev–Trinajstić information content (AvgIpc) is 3.46. The van der Waals surface area contributed by atoms with E-state index in [2.05, 4.69) is 34.0 Å². The van der Waals surface area contributed by atoms with Gasteiger partial charge in [-0.3, -0.25) is 19.9 Å². The summed E-state index contributed by atoms with van der Waals surface area (Å²) in [5.74, 6) is 1.15. The predicted octanol–water partition coefficient (Wildman–Crippen LogP) is 1.02. The number of guanidine groups is 1. The molecule has 3 heterocycles. The van der Waals surface area contributed by atoms with E-state index in [4.69, 9.17) is 30.1 Å². The molecule has 6 N–H and O–H groups in total. The topological polar surface area (TPSA) is 201 Å². The van der Waals surface area contributed by atoms with Crippen LogP contribution in [0, 0.1) is 11.3 Å². The average molecular weight is 711 g/mol. The summed E-state index contributed by atoms with van der Waals surface area (Å²) in [6.07, 6.45) is 3.65. The van der Waals surface area contributed by atoms with Crippen LogP contribution in [-0.4, -0.2) is 129 Å². The highest BCUT2D eigenvalue weighted by molar-refractivity contribution is 5.87. The first-order valence-corrected chi connectivity index (χ1v) is 17.8. The van der Waals surface area contributed by atoms with E-state index in [-0.39, 0.29) is 56.0 Å².